The SMILES string of the molecule is CCC(C)COC(=O)C(C#N)c1nc2ccccc2nc1N1CCN(C=Cc2ccccc2)CC1. The van der Waals surface area contributed by atoms with E-state index in [4.69, 9.17) is 14.7 Å². The van der Waals surface area contributed by atoms with Crippen molar-refractivity contribution in [3.63, 3.8) is 0 Å². The maximum absolute atomic E-state index is 12.9. The second kappa shape index (κ2) is 11.5. The normalized spacial score (nSPS) is 15.7. The molecule has 1 aliphatic rings. The molecule has 2 atom stereocenters. The van der Waals surface area contributed by atoms with Crippen LogP contribution in [0.25, 0.3) is 17.1 Å². The fraction of sp³-hybridized carbons (Fsp3) is 0.357. The van der Waals surface area contributed by atoms with Crippen LogP contribution >= 0.6 is 0 Å². The number of hydrogen-bond acceptors (Lipinski definition) is 7. The molecule has 1 aromatic heterocycles. The van der Waals surface area contributed by atoms with Crippen molar-refractivity contribution in [2.24, 2.45) is 5.92 Å². The lowest BCUT2D eigenvalue weighted by molar-refractivity contribution is -0.145. The van der Waals surface area contributed by atoms with Crippen LogP contribution in [0, 0.1) is 17.2 Å². The zero-order valence-corrected chi connectivity index (χ0v) is 20.3. The Bertz CT molecular complexity index is 1210. The fourth-order valence-corrected chi connectivity index (χ4v) is 3.92. The van der Waals surface area contributed by atoms with Crippen LogP contribution in [0.2, 0.25) is 0 Å². The molecule has 2 aromatic carbocycles. The minimum absolute atomic E-state index is 0.234. The van der Waals surface area contributed by atoms with E-state index >= 15 is 0 Å². The summed E-state index contributed by atoms with van der Waals surface area (Å²) in [6.45, 7) is 7.36. The summed E-state index contributed by atoms with van der Waals surface area (Å²) in [4.78, 5) is 26.9. The van der Waals surface area contributed by atoms with Crippen LogP contribution in [0.1, 0.15) is 37.4 Å². The molecule has 0 bridgehead atoms. The van der Waals surface area contributed by atoms with Crippen molar-refractivity contribution in [1.29, 1.82) is 5.26 Å². The Labute approximate surface area is 206 Å². The maximum Gasteiger partial charge on any atom is 0.329 e. The Morgan fingerprint density at radius 3 is 2.37 bits per heavy atom. The molecule has 180 valence electrons. The molecule has 7 nitrogen and oxygen atoms in total. The van der Waals surface area contributed by atoms with Crippen LogP contribution in [0.15, 0.2) is 60.8 Å². The van der Waals surface area contributed by atoms with Crippen molar-refractivity contribution in [2.45, 2.75) is 26.2 Å². The highest BCUT2D eigenvalue weighted by molar-refractivity contribution is 5.85. The van der Waals surface area contributed by atoms with Gasteiger partial charge in [-0.2, -0.15) is 5.26 Å². The van der Waals surface area contributed by atoms with Gasteiger partial charge in [0.15, 0.2) is 11.7 Å². The molecule has 7 heteroatoms. The van der Waals surface area contributed by atoms with Crippen LogP contribution in [-0.4, -0.2) is 53.6 Å². The Morgan fingerprint density at radius 1 is 1.06 bits per heavy atom. The van der Waals surface area contributed by atoms with Crippen LogP contribution < -0.4 is 4.90 Å². The molecule has 1 saturated heterocycles. The van der Waals surface area contributed by atoms with E-state index in [0.29, 0.717) is 30.1 Å². The van der Waals surface area contributed by atoms with Crippen LogP contribution in [-0.2, 0) is 9.53 Å². The Kier molecular flexibility index (Phi) is 7.94. The van der Waals surface area contributed by atoms with E-state index in [2.05, 4.69) is 40.3 Å². The highest BCUT2D eigenvalue weighted by atomic mass is 16.5. The van der Waals surface area contributed by atoms with E-state index in [0.717, 1.165) is 30.6 Å². The predicted molar refractivity (Wildman–Crippen MR) is 138 cm³/mol. The number of para-hydroxylation sites is 2. The number of carbonyl (C=O) groups is 1. The number of rotatable bonds is 8. The maximum atomic E-state index is 12.9. The lowest BCUT2D eigenvalue weighted by Crippen LogP contribution is -2.45. The quantitative estimate of drug-likeness (QED) is 0.445. The van der Waals surface area contributed by atoms with Gasteiger partial charge in [-0.1, -0.05) is 62.7 Å². The minimum Gasteiger partial charge on any atom is -0.464 e. The van der Waals surface area contributed by atoms with Crippen molar-refractivity contribution >= 4 is 28.9 Å². The van der Waals surface area contributed by atoms with Gasteiger partial charge in [0.05, 0.1) is 23.7 Å². The number of anilines is 1. The van der Waals surface area contributed by atoms with Gasteiger partial charge in [0.2, 0.25) is 0 Å². The second-order valence-electron chi connectivity index (χ2n) is 8.88. The molecule has 1 fully saturated rings. The number of aromatic nitrogens is 2. The van der Waals surface area contributed by atoms with Crippen LogP contribution in [0.3, 0.4) is 0 Å². The highest BCUT2D eigenvalue weighted by Crippen LogP contribution is 2.29. The van der Waals surface area contributed by atoms with Crippen molar-refractivity contribution in [3.05, 3.63) is 72.1 Å². The number of benzene rings is 2. The summed E-state index contributed by atoms with van der Waals surface area (Å²) in [5, 5.41) is 9.93. The summed E-state index contributed by atoms with van der Waals surface area (Å²) in [5.41, 5.74) is 2.92. The first-order valence-electron chi connectivity index (χ1n) is 12.1. The number of ether oxygens (including phenoxy) is 1. The van der Waals surface area contributed by atoms with E-state index < -0.39 is 11.9 Å². The second-order valence-corrected chi connectivity index (χ2v) is 8.88. The van der Waals surface area contributed by atoms with Gasteiger partial charge in [-0.3, -0.25) is 4.79 Å². The summed E-state index contributed by atoms with van der Waals surface area (Å²) < 4.78 is 5.48. The van der Waals surface area contributed by atoms with Crippen molar-refractivity contribution in [1.82, 2.24) is 14.9 Å². The molecule has 2 unspecified atom stereocenters. The number of esters is 1. The minimum atomic E-state index is -1.12. The molecule has 0 spiro atoms. The highest BCUT2D eigenvalue weighted by Gasteiger charge is 2.31. The van der Waals surface area contributed by atoms with Crippen molar-refractivity contribution in [3.8, 4) is 6.07 Å². The molecule has 0 amide bonds. The van der Waals surface area contributed by atoms with Crippen molar-refractivity contribution < 1.29 is 9.53 Å². The molecule has 0 radical (unpaired) electrons. The predicted octanol–water partition coefficient (Wildman–Crippen LogP) is 4.62. The van der Waals surface area contributed by atoms with Gasteiger partial charge in [0.25, 0.3) is 0 Å². The van der Waals surface area contributed by atoms with Crippen LogP contribution in [0.5, 0.6) is 0 Å². The van der Waals surface area contributed by atoms with Gasteiger partial charge in [0, 0.05) is 26.2 Å². The summed E-state index contributed by atoms with van der Waals surface area (Å²) in [6.07, 6.45) is 5.12. The zero-order chi connectivity index (χ0) is 24.6. The van der Waals surface area contributed by atoms with E-state index in [1.165, 1.54) is 0 Å². The monoisotopic (exact) mass is 469 g/mol. The van der Waals surface area contributed by atoms with Gasteiger partial charge in [-0.05, 0) is 35.9 Å². The fourth-order valence-electron chi connectivity index (χ4n) is 3.92. The Balaban J connectivity index is 1.56. The van der Waals surface area contributed by atoms with Crippen molar-refractivity contribution in [2.75, 3.05) is 37.7 Å². The molecule has 0 saturated carbocycles. The van der Waals surface area contributed by atoms with Crippen LogP contribution in [0.4, 0.5) is 5.82 Å². The smallest absolute Gasteiger partial charge is 0.329 e. The summed E-state index contributed by atoms with van der Waals surface area (Å²) in [6, 6.07) is 19.9. The first kappa shape index (κ1) is 24.2. The summed E-state index contributed by atoms with van der Waals surface area (Å²) >= 11 is 0. The van der Waals surface area contributed by atoms with Gasteiger partial charge in [0.1, 0.15) is 5.69 Å². The first-order chi connectivity index (χ1) is 17.1. The third kappa shape index (κ3) is 5.96. The van der Waals surface area contributed by atoms with E-state index in [1.54, 1.807) is 0 Å². The average molecular weight is 470 g/mol. The summed E-state index contributed by atoms with van der Waals surface area (Å²) in [7, 11) is 0. The Morgan fingerprint density at radius 2 is 1.71 bits per heavy atom. The lowest BCUT2D eigenvalue weighted by Gasteiger charge is -2.35. The standard InChI is InChI=1S/C28H31N5O2/c1-3-21(2)20-35-28(34)23(19-29)26-27(31-25-12-8-7-11-24(25)30-26)33-17-15-32(16-18-33)14-13-22-9-5-4-6-10-22/h4-14,21,23H,3,15-18,20H2,1-2H3. The molecule has 0 N–H and O–H groups in total. The molecular formula is C28H31N5O2. The van der Waals surface area contributed by atoms with Gasteiger partial charge in [-0.25, -0.2) is 9.97 Å². The van der Waals surface area contributed by atoms with E-state index in [1.807, 2.05) is 56.3 Å². The summed E-state index contributed by atoms with van der Waals surface area (Å²) in [5.74, 6) is -0.870. The number of nitriles is 1. The third-order valence-corrected chi connectivity index (χ3v) is 6.31. The molecule has 4 rings (SSSR count). The van der Waals surface area contributed by atoms with Gasteiger partial charge < -0.3 is 14.5 Å². The number of hydrogen-bond donors (Lipinski definition) is 0. The topological polar surface area (TPSA) is 82.3 Å². The molecule has 0 aliphatic carbocycles. The zero-order valence-electron chi connectivity index (χ0n) is 20.3. The lowest BCUT2D eigenvalue weighted by atomic mass is 10.1. The molecule has 3 aromatic rings. The molecule has 2 heterocycles. The number of carbonyl (C=O) groups excluding carboxylic acids is 1. The number of piperazine rings is 1. The molecular weight excluding hydrogens is 438 g/mol. The average Bonchev–Trinajstić information content (AvgIpc) is 2.91. The van der Waals surface area contributed by atoms with Gasteiger partial charge >= 0.3 is 5.97 Å². The number of fused-ring (bicyclic) bond motifs is 1. The molecule has 35 heavy (non-hydrogen) atoms. The Hall–Kier alpha value is -3.92. The van der Waals surface area contributed by atoms with Gasteiger partial charge in [-0.15, -0.1) is 0 Å². The third-order valence-electron chi connectivity index (χ3n) is 6.31. The number of nitrogens with zero attached hydrogens (tertiary/aromatic N) is 5. The first-order valence-corrected chi connectivity index (χ1v) is 12.1. The van der Waals surface area contributed by atoms with E-state index in [9.17, 15) is 10.1 Å². The largest absolute Gasteiger partial charge is 0.464 e. The molecule has 1 aliphatic heterocycles. The van der Waals surface area contributed by atoms with E-state index in [-0.39, 0.29) is 12.5 Å².